The average molecular weight is 388 g/mol. The lowest BCUT2D eigenvalue weighted by Gasteiger charge is -2.30. The molecule has 2 aromatic carbocycles. The van der Waals surface area contributed by atoms with Crippen molar-refractivity contribution in [2.24, 2.45) is 0 Å². The maximum atomic E-state index is 13.0. The van der Waals surface area contributed by atoms with E-state index in [9.17, 15) is 24.5 Å². The van der Waals surface area contributed by atoms with Gasteiger partial charge in [-0.3, -0.25) is 24.5 Å². The Balaban J connectivity index is 1.97. The zero-order valence-corrected chi connectivity index (χ0v) is 14.8. The average Bonchev–Trinajstić information content (AvgIpc) is 2.99. The summed E-state index contributed by atoms with van der Waals surface area (Å²) in [4.78, 5) is 47.5. The second-order valence-corrected chi connectivity index (χ2v) is 6.26. The molecule has 27 heavy (non-hydrogen) atoms. The Morgan fingerprint density at radius 2 is 1.67 bits per heavy atom. The number of halogens is 1. The molecule has 1 aliphatic rings. The van der Waals surface area contributed by atoms with E-state index in [1.807, 2.05) is 0 Å². The first-order valence-corrected chi connectivity index (χ1v) is 8.41. The number of carbonyl (C=O) groups excluding carboxylic acids is 3. The minimum absolute atomic E-state index is 0.0192. The third-order valence-electron chi connectivity index (χ3n) is 4.10. The van der Waals surface area contributed by atoms with Crippen LogP contribution < -0.4 is 0 Å². The molecule has 0 atom stereocenters. The van der Waals surface area contributed by atoms with Gasteiger partial charge in [-0.15, -0.1) is 0 Å². The van der Waals surface area contributed by atoms with Gasteiger partial charge in [0.05, 0.1) is 11.5 Å². The van der Waals surface area contributed by atoms with Crippen molar-refractivity contribution < 1.29 is 19.3 Å². The molecule has 0 radical (unpaired) electrons. The van der Waals surface area contributed by atoms with Crippen molar-refractivity contribution in [3.63, 3.8) is 0 Å². The fraction of sp³-hybridized carbons (Fsp3) is 0.167. The highest BCUT2D eigenvalue weighted by atomic mass is 35.5. The van der Waals surface area contributed by atoms with Crippen molar-refractivity contribution in [1.29, 1.82) is 0 Å². The number of non-ortho nitro benzene ring substituents is 1. The van der Waals surface area contributed by atoms with E-state index >= 15 is 0 Å². The smallest absolute Gasteiger partial charge is 0.273 e. The van der Waals surface area contributed by atoms with Gasteiger partial charge in [-0.1, -0.05) is 29.8 Å². The number of rotatable bonds is 5. The quantitative estimate of drug-likeness (QED) is 0.446. The number of amides is 3. The van der Waals surface area contributed by atoms with Crippen molar-refractivity contribution in [2.75, 3.05) is 0 Å². The first-order chi connectivity index (χ1) is 12.9. The third-order valence-corrected chi connectivity index (χ3v) is 4.47. The number of benzene rings is 2. The molecule has 1 aliphatic heterocycles. The highest BCUT2D eigenvalue weighted by Gasteiger charge is 2.37. The summed E-state index contributed by atoms with van der Waals surface area (Å²) >= 11 is 6.15. The molecule has 3 rings (SSSR count). The highest BCUT2D eigenvalue weighted by molar-refractivity contribution is 6.31. The molecule has 138 valence electrons. The first-order valence-electron chi connectivity index (χ1n) is 8.04. The van der Waals surface area contributed by atoms with Crippen LogP contribution in [0, 0.1) is 10.1 Å². The SMILES string of the molecule is O=C(c1ccc([N+](=O)[O-])cc1)N(Cc1ccccc1Cl)N1C(=O)CCC1=O. The highest BCUT2D eigenvalue weighted by Crippen LogP contribution is 2.24. The van der Waals surface area contributed by atoms with E-state index < -0.39 is 22.6 Å². The number of nitrogens with zero attached hydrogens (tertiary/aromatic N) is 3. The summed E-state index contributed by atoms with van der Waals surface area (Å²) in [7, 11) is 0. The van der Waals surface area contributed by atoms with Gasteiger partial charge in [-0.25, -0.2) is 5.01 Å². The Labute approximate surface area is 159 Å². The van der Waals surface area contributed by atoms with Crippen molar-refractivity contribution in [2.45, 2.75) is 19.4 Å². The maximum Gasteiger partial charge on any atom is 0.273 e. The molecule has 2 aromatic rings. The van der Waals surface area contributed by atoms with Gasteiger partial charge in [0.2, 0.25) is 11.8 Å². The van der Waals surface area contributed by atoms with Crippen LogP contribution in [-0.2, 0) is 16.1 Å². The number of nitro benzene ring substituents is 1. The summed E-state index contributed by atoms with van der Waals surface area (Å²) in [6, 6.07) is 11.7. The Bertz CT molecular complexity index is 913. The minimum Gasteiger partial charge on any atom is -0.273 e. The summed E-state index contributed by atoms with van der Waals surface area (Å²) in [5.41, 5.74) is 0.500. The molecular weight excluding hydrogens is 374 g/mol. The number of hydrogen-bond donors (Lipinski definition) is 0. The van der Waals surface area contributed by atoms with Gasteiger partial charge in [-0.2, -0.15) is 5.01 Å². The van der Waals surface area contributed by atoms with E-state index in [0.29, 0.717) is 10.6 Å². The molecule has 0 unspecified atom stereocenters. The monoisotopic (exact) mass is 387 g/mol. The molecule has 1 fully saturated rings. The van der Waals surface area contributed by atoms with E-state index in [4.69, 9.17) is 11.6 Å². The molecule has 0 spiro atoms. The zero-order valence-electron chi connectivity index (χ0n) is 14.0. The molecule has 0 saturated carbocycles. The minimum atomic E-state index is -0.631. The van der Waals surface area contributed by atoms with Crippen molar-refractivity contribution in [1.82, 2.24) is 10.0 Å². The molecular formula is C18H14ClN3O5. The molecule has 1 heterocycles. The molecule has 0 N–H and O–H groups in total. The Morgan fingerprint density at radius 1 is 1.07 bits per heavy atom. The Hall–Kier alpha value is -3.26. The normalized spacial score (nSPS) is 13.7. The van der Waals surface area contributed by atoms with Crippen molar-refractivity contribution in [3.8, 4) is 0 Å². The predicted octanol–water partition coefficient (Wildman–Crippen LogP) is 2.95. The lowest BCUT2D eigenvalue weighted by atomic mass is 10.1. The van der Waals surface area contributed by atoms with Crippen LogP contribution >= 0.6 is 11.6 Å². The summed E-state index contributed by atoms with van der Waals surface area (Å²) in [5, 5.41) is 13.0. The van der Waals surface area contributed by atoms with E-state index in [0.717, 1.165) is 10.0 Å². The standard InChI is InChI=1S/C18H14ClN3O5/c19-15-4-2-1-3-13(15)11-20(21-16(23)9-10-17(21)24)18(25)12-5-7-14(8-6-12)22(26)27/h1-8H,9-11H2. The molecule has 0 aliphatic carbocycles. The van der Waals surface area contributed by atoms with Crippen LogP contribution in [0.2, 0.25) is 5.02 Å². The number of nitro groups is 1. The summed E-state index contributed by atoms with van der Waals surface area (Å²) in [6.45, 7) is -0.0903. The second kappa shape index (κ2) is 7.55. The van der Waals surface area contributed by atoms with E-state index in [1.165, 1.54) is 24.3 Å². The number of hydrogen-bond acceptors (Lipinski definition) is 5. The molecule has 1 saturated heterocycles. The van der Waals surface area contributed by atoms with Crippen LogP contribution in [0.4, 0.5) is 5.69 Å². The largest absolute Gasteiger partial charge is 0.273 e. The number of carbonyl (C=O) groups is 3. The van der Waals surface area contributed by atoms with Crippen molar-refractivity contribution in [3.05, 3.63) is 74.8 Å². The van der Waals surface area contributed by atoms with E-state index in [1.54, 1.807) is 24.3 Å². The molecule has 0 bridgehead atoms. The van der Waals surface area contributed by atoms with Crippen LogP contribution in [-0.4, -0.2) is 32.7 Å². The summed E-state index contributed by atoms with van der Waals surface area (Å²) in [6.07, 6.45) is 0.0385. The molecule has 3 amide bonds. The van der Waals surface area contributed by atoms with Gasteiger partial charge in [0.15, 0.2) is 0 Å². The topological polar surface area (TPSA) is 101 Å². The molecule has 8 nitrogen and oxygen atoms in total. The molecule has 0 aromatic heterocycles. The maximum absolute atomic E-state index is 13.0. The van der Waals surface area contributed by atoms with E-state index in [2.05, 4.69) is 0 Å². The first kappa shape index (κ1) is 18.5. The van der Waals surface area contributed by atoms with Gasteiger partial charge in [0.25, 0.3) is 11.6 Å². The Kier molecular flexibility index (Phi) is 5.18. The van der Waals surface area contributed by atoms with Gasteiger partial charge >= 0.3 is 0 Å². The zero-order chi connectivity index (χ0) is 19.6. The fourth-order valence-electron chi connectivity index (χ4n) is 2.73. The van der Waals surface area contributed by atoms with Crippen LogP contribution in [0.25, 0.3) is 0 Å². The van der Waals surface area contributed by atoms with Crippen LogP contribution in [0.1, 0.15) is 28.8 Å². The van der Waals surface area contributed by atoms with Gasteiger partial charge in [0.1, 0.15) is 0 Å². The van der Waals surface area contributed by atoms with Gasteiger partial charge in [0, 0.05) is 35.6 Å². The fourth-order valence-corrected chi connectivity index (χ4v) is 2.93. The number of hydrazine groups is 1. The van der Waals surface area contributed by atoms with Gasteiger partial charge < -0.3 is 0 Å². The van der Waals surface area contributed by atoms with Crippen molar-refractivity contribution >= 4 is 35.0 Å². The predicted molar refractivity (Wildman–Crippen MR) is 95.5 cm³/mol. The molecule has 9 heteroatoms. The summed E-state index contributed by atoms with van der Waals surface area (Å²) in [5.74, 6) is -1.60. The third kappa shape index (κ3) is 3.80. The Morgan fingerprint density at radius 3 is 2.22 bits per heavy atom. The van der Waals surface area contributed by atoms with Crippen LogP contribution in [0.5, 0.6) is 0 Å². The second-order valence-electron chi connectivity index (χ2n) is 5.86. The number of imide groups is 1. The van der Waals surface area contributed by atoms with Crippen LogP contribution in [0.3, 0.4) is 0 Å². The summed E-state index contributed by atoms with van der Waals surface area (Å²) < 4.78 is 0. The lowest BCUT2D eigenvalue weighted by Crippen LogP contribution is -2.48. The van der Waals surface area contributed by atoms with E-state index in [-0.39, 0.29) is 30.6 Å². The van der Waals surface area contributed by atoms with Crippen LogP contribution in [0.15, 0.2) is 48.5 Å². The van der Waals surface area contributed by atoms with Gasteiger partial charge in [-0.05, 0) is 23.8 Å². The lowest BCUT2D eigenvalue weighted by molar-refractivity contribution is -0.384.